The Morgan fingerprint density at radius 1 is 0.861 bits per heavy atom. The summed E-state index contributed by atoms with van der Waals surface area (Å²) in [5, 5.41) is 3.30. The Bertz CT molecular complexity index is 1400. The minimum absolute atomic E-state index is 0.332. The molecule has 0 aliphatic heterocycles. The lowest BCUT2D eigenvalue weighted by atomic mass is 10.0. The minimum Gasteiger partial charge on any atom is -0.462 e. The molecule has 4 aromatic rings. The normalized spacial score (nSPS) is 10.6. The molecule has 1 heterocycles. The summed E-state index contributed by atoms with van der Waals surface area (Å²) in [6.45, 7) is 3.80. The van der Waals surface area contributed by atoms with Gasteiger partial charge >= 0.3 is 11.9 Å². The first-order valence-corrected chi connectivity index (χ1v) is 11.7. The van der Waals surface area contributed by atoms with E-state index in [0.717, 1.165) is 17.5 Å². The third kappa shape index (κ3) is 5.93. The number of aryl methyl sites for hydroxylation is 1. The number of nitrogens with zero attached hydrogens (tertiary/aromatic N) is 1. The molecule has 0 unspecified atom stereocenters. The van der Waals surface area contributed by atoms with Crippen LogP contribution in [0.15, 0.2) is 78.9 Å². The number of ether oxygens (including phenoxy) is 2. The van der Waals surface area contributed by atoms with Crippen molar-refractivity contribution in [3.63, 3.8) is 0 Å². The number of carbonyl (C=O) groups is 3. The van der Waals surface area contributed by atoms with Crippen LogP contribution in [-0.4, -0.2) is 36.0 Å². The number of hydrogen-bond acceptors (Lipinski definition) is 6. The molecule has 0 spiro atoms. The number of fused-ring (bicyclic) bond motifs is 1. The number of esters is 2. The Balaban J connectivity index is 1.44. The zero-order valence-corrected chi connectivity index (χ0v) is 20.1. The van der Waals surface area contributed by atoms with E-state index >= 15 is 0 Å². The molecule has 7 nitrogen and oxygen atoms in total. The molecule has 4 rings (SSSR count). The number of amides is 1. The molecule has 0 aliphatic carbocycles. The van der Waals surface area contributed by atoms with Gasteiger partial charge in [-0.3, -0.25) is 4.79 Å². The van der Waals surface area contributed by atoms with Crippen molar-refractivity contribution in [2.75, 3.05) is 18.5 Å². The van der Waals surface area contributed by atoms with Crippen LogP contribution in [0.2, 0.25) is 0 Å². The lowest BCUT2D eigenvalue weighted by molar-refractivity contribution is -0.119. The molecule has 3 aromatic carbocycles. The number of aromatic nitrogens is 1. The zero-order valence-electron chi connectivity index (χ0n) is 20.1. The van der Waals surface area contributed by atoms with Gasteiger partial charge in [-0.2, -0.15) is 0 Å². The van der Waals surface area contributed by atoms with Gasteiger partial charge in [-0.1, -0.05) is 55.0 Å². The summed E-state index contributed by atoms with van der Waals surface area (Å²) >= 11 is 0. The Hall–Kier alpha value is -4.52. The molecule has 36 heavy (non-hydrogen) atoms. The highest BCUT2D eigenvalue weighted by molar-refractivity contribution is 6.05. The van der Waals surface area contributed by atoms with Gasteiger partial charge in [-0.25, -0.2) is 14.6 Å². The molecule has 0 radical (unpaired) electrons. The summed E-state index contributed by atoms with van der Waals surface area (Å²) in [5.41, 5.74) is 4.49. The molecule has 1 N–H and O–H groups in total. The van der Waals surface area contributed by atoms with Crippen molar-refractivity contribution in [1.82, 2.24) is 4.98 Å². The number of nitrogens with one attached hydrogen (secondary N) is 1. The summed E-state index contributed by atoms with van der Waals surface area (Å²) in [6.07, 6.45) is 0.737. The number of benzene rings is 3. The van der Waals surface area contributed by atoms with Gasteiger partial charge in [0.25, 0.3) is 5.91 Å². The Morgan fingerprint density at radius 3 is 2.31 bits per heavy atom. The zero-order chi connectivity index (χ0) is 25.5. The quantitative estimate of drug-likeness (QED) is 0.330. The molecule has 1 amide bonds. The van der Waals surface area contributed by atoms with Crippen molar-refractivity contribution in [1.29, 1.82) is 0 Å². The predicted octanol–water partition coefficient (Wildman–Crippen LogP) is 5.57. The van der Waals surface area contributed by atoms with Gasteiger partial charge in [0.2, 0.25) is 0 Å². The first-order chi connectivity index (χ1) is 17.4. The van der Waals surface area contributed by atoms with Crippen LogP contribution in [0.1, 0.15) is 39.6 Å². The van der Waals surface area contributed by atoms with E-state index in [1.54, 1.807) is 36.4 Å². The second-order valence-corrected chi connectivity index (χ2v) is 8.28. The van der Waals surface area contributed by atoms with E-state index < -0.39 is 24.5 Å². The predicted molar refractivity (Wildman–Crippen MR) is 138 cm³/mol. The summed E-state index contributed by atoms with van der Waals surface area (Å²) in [4.78, 5) is 42.0. The monoisotopic (exact) mass is 482 g/mol. The number of carbonyl (C=O) groups excluding carboxylic acids is 3. The molecule has 1 aromatic heterocycles. The third-order valence-corrected chi connectivity index (χ3v) is 5.46. The third-order valence-electron chi connectivity index (χ3n) is 5.46. The Labute approximate surface area is 209 Å². The van der Waals surface area contributed by atoms with Crippen LogP contribution in [0, 0.1) is 6.92 Å². The second kappa shape index (κ2) is 11.3. The standard InChI is InChI=1S/C29H26N2O5/c1-3-16-35-28(33)21-12-14-22(15-13-21)30-27(32)18-36-29(34)24-17-26(20-10-8-19(2)9-11-20)31-25-7-5-4-6-23(24)25/h4-15,17H,3,16,18H2,1-2H3,(H,30,32). The van der Waals surface area contributed by atoms with Crippen molar-refractivity contribution < 1.29 is 23.9 Å². The second-order valence-electron chi connectivity index (χ2n) is 8.28. The van der Waals surface area contributed by atoms with Crippen molar-refractivity contribution >= 4 is 34.4 Å². The van der Waals surface area contributed by atoms with Gasteiger partial charge in [-0.15, -0.1) is 0 Å². The van der Waals surface area contributed by atoms with E-state index in [0.29, 0.717) is 40.0 Å². The fourth-order valence-corrected chi connectivity index (χ4v) is 3.59. The fourth-order valence-electron chi connectivity index (χ4n) is 3.59. The van der Waals surface area contributed by atoms with Crippen LogP contribution in [0.5, 0.6) is 0 Å². The molecule has 182 valence electrons. The lowest BCUT2D eigenvalue weighted by Crippen LogP contribution is -2.21. The molecule has 0 fully saturated rings. The topological polar surface area (TPSA) is 94.6 Å². The van der Waals surface area contributed by atoms with Gasteiger partial charge in [0.05, 0.1) is 28.9 Å². The van der Waals surface area contributed by atoms with Crippen LogP contribution in [-0.2, 0) is 14.3 Å². The molecule has 0 aliphatic rings. The van der Waals surface area contributed by atoms with E-state index in [2.05, 4.69) is 10.3 Å². The van der Waals surface area contributed by atoms with E-state index in [4.69, 9.17) is 9.47 Å². The molecule has 7 heteroatoms. The van der Waals surface area contributed by atoms with Crippen LogP contribution >= 0.6 is 0 Å². The van der Waals surface area contributed by atoms with Gasteiger partial charge in [-0.05, 0) is 49.7 Å². The highest BCUT2D eigenvalue weighted by Gasteiger charge is 2.17. The van der Waals surface area contributed by atoms with Crippen LogP contribution in [0.25, 0.3) is 22.2 Å². The smallest absolute Gasteiger partial charge is 0.339 e. The molecular weight excluding hydrogens is 456 g/mol. The number of hydrogen-bond donors (Lipinski definition) is 1. The highest BCUT2D eigenvalue weighted by Crippen LogP contribution is 2.26. The maximum absolute atomic E-state index is 13.0. The van der Waals surface area contributed by atoms with E-state index in [1.165, 1.54) is 0 Å². The fraction of sp³-hybridized carbons (Fsp3) is 0.172. The summed E-state index contributed by atoms with van der Waals surface area (Å²) in [7, 11) is 0. The molecular formula is C29H26N2O5. The van der Waals surface area contributed by atoms with Gasteiger partial charge in [0, 0.05) is 16.6 Å². The Kier molecular flexibility index (Phi) is 7.70. The van der Waals surface area contributed by atoms with Gasteiger partial charge in [0.15, 0.2) is 6.61 Å². The lowest BCUT2D eigenvalue weighted by Gasteiger charge is -2.11. The molecule has 0 bridgehead atoms. The maximum Gasteiger partial charge on any atom is 0.339 e. The average molecular weight is 483 g/mol. The van der Waals surface area contributed by atoms with E-state index in [-0.39, 0.29) is 0 Å². The van der Waals surface area contributed by atoms with E-state index in [9.17, 15) is 14.4 Å². The minimum atomic E-state index is -0.619. The summed E-state index contributed by atoms with van der Waals surface area (Å²) in [5.74, 6) is -1.54. The molecule has 0 saturated carbocycles. The number of anilines is 1. The molecule has 0 saturated heterocycles. The van der Waals surface area contributed by atoms with Gasteiger partial charge in [0.1, 0.15) is 0 Å². The summed E-state index contributed by atoms with van der Waals surface area (Å²) < 4.78 is 10.4. The van der Waals surface area contributed by atoms with Crippen molar-refractivity contribution in [3.8, 4) is 11.3 Å². The van der Waals surface area contributed by atoms with E-state index in [1.807, 2.05) is 56.3 Å². The van der Waals surface area contributed by atoms with Crippen molar-refractivity contribution in [3.05, 3.63) is 95.6 Å². The first kappa shape index (κ1) is 24.6. The number of pyridine rings is 1. The average Bonchev–Trinajstić information content (AvgIpc) is 2.90. The van der Waals surface area contributed by atoms with Crippen LogP contribution < -0.4 is 5.32 Å². The van der Waals surface area contributed by atoms with Crippen molar-refractivity contribution in [2.45, 2.75) is 20.3 Å². The first-order valence-electron chi connectivity index (χ1n) is 11.7. The molecule has 0 atom stereocenters. The summed E-state index contributed by atoms with van der Waals surface area (Å²) in [6, 6.07) is 23.2. The Morgan fingerprint density at radius 2 is 1.58 bits per heavy atom. The van der Waals surface area contributed by atoms with Crippen LogP contribution in [0.4, 0.5) is 5.69 Å². The SMILES string of the molecule is CCCOC(=O)c1ccc(NC(=O)COC(=O)c2cc(-c3ccc(C)cc3)nc3ccccc23)cc1. The van der Waals surface area contributed by atoms with Gasteiger partial charge < -0.3 is 14.8 Å². The van der Waals surface area contributed by atoms with Crippen molar-refractivity contribution in [2.24, 2.45) is 0 Å². The largest absolute Gasteiger partial charge is 0.462 e. The number of rotatable bonds is 8. The number of para-hydroxylation sites is 1. The maximum atomic E-state index is 13.0. The van der Waals surface area contributed by atoms with Crippen LogP contribution in [0.3, 0.4) is 0 Å². The highest BCUT2D eigenvalue weighted by atomic mass is 16.5.